The van der Waals surface area contributed by atoms with Crippen LogP contribution in [-0.4, -0.2) is 48.9 Å². The van der Waals surface area contributed by atoms with Crippen molar-refractivity contribution in [2.45, 2.75) is 59.8 Å². The van der Waals surface area contributed by atoms with Crippen molar-refractivity contribution in [1.29, 1.82) is 0 Å². The molecule has 1 aliphatic rings. The summed E-state index contributed by atoms with van der Waals surface area (Å²) in [6, 6.07) is 8.39. The molecular weight excluding hydrogens is 380 g/mol. The van der Waals surface area contributed by atoms with Gasteiger partial charge in [0.2, 0.25) is 5.91 Å². The highest BCUT2D eigenvalue weighted by atomic mass is 16.5. The molecule has 0 spiro atoms. The molecule has 0 bridgehead atoms. The summed E-state index contributed by atoms with van der Waals surface area (Å²) >= 11 is 0. The van der Waals surface area contributed by atoms with Gasteiger partial charge in [-0.05, 0) is 36.3 Å². The largest absolute Gasteiger partial charge is 0.455 e. The van der Waals surface area contributed by atoms with E-state index in [4.69, 9.17) is 4.74 Å². The van der Waals surface area contributed by atoms with Crippen LogP contribution in [0.2, 0.25) is 0 Å². The SMILES string of the molecule is CC(C)c1ccc(CCNC(=O)COC(=O)C2CCN(C(=O)C(C)(C)C)CC2)cc1. The summed E-state index contributed by atoms with van der Waals surface area (Å²) in [6.07, 6.45) is 1.89. The number of benzene rings is 1. The van der Waals surface area contributed by atoms with Gasteiger partial charge in [-0.25, -0.2) is 0 Å². The number of rotatable bonds is 7. The van der Waals surface area contributed by atoms with Crippen LogP contribution >= 0.6 is 0 Å². The van der Waals surface area contributed by atoms with E-state index in [1.807, 2.05) is 25.7 Å². The molecule has 0 radical (unpaired) electrons. The Morgan fingerprint density at radius 1 is 1.10 bits per heavy atom. The van der Waals surface area contributed by atoms with Crippen LogP contribution in [0, 0.1) is 11.3 Å². The average molecular weight is 417 g/mol. The smallest absolute Gasteiger partial charge is 0.309 e. The highest BCUT2D eigenvalue weighted by Gasteiger charge is 2.33. The first kappa shape index (κ1) is 23.9. The summed E-state index contributed by atoms with van der Waals surface area (Å²) < 4.78 is 5.20. The zero-order chi connectivity index (χ0) is 22.3. The molecule has 1 saturated heterocycles. The Morgan fingerprint density at radius 3 is 2.23 bits per heavy atom. The number of amides is 2. The van der Waals surface area contributed by atoms with Crippen LogP contribution in [0.1, 0.15) is 64.5 Å². The Bertz CT molecular complexity index is 727. The van der Waals surface area contributed by atoms with E-state index >= 15 is 0 Å². The zero-order valence-electron chi connectivity index (χ0n) is 19.0. The molecule has 1 N–H and O–H groups in total. The molecule has 2 rings (SSSR count). The molecule has 1 heterocycles. The molecule has 1 aromatic rings. The van der Waals surface area contributed by atoms with Crippen LogP contribution < -0.4 is 5.32 Å². The van der Waals surface area contributed by atoms with E-state index in [-0.39, 0.29) is 30.3 Å². The van der Waals surface area contributed by atoms with Crippen molar-refractivity contribution in [3.63, 3.8) is 0 Å². The van der Waals surface area contributed by atoms with Gasteiger partial charge in [-0.2, -0.15) is 0 Å². The standard InChI is InChI=1S/C24H36N2O4/c1-17(2)19-8-6-18(7-9-19)10-13-25-21(27)16-30-22(28)20-11-14-26(15-12-20)23(29)24(3,4)5/h6-9,17,20H,10-16H2,1-5H3,(H,25,27). The van der Waals surface area contributed by atoms with Crippen LogP contribution in [0.5, 0.6) is 0 Å². The van der Waals surface area contributed by atoms with Crippen molar-refractivity contribution in [3.05, 3.63) is 35.4 Å². The average Bonchev–Trinajstić information content (AvgIpc) is 2.71. The van der Waals surface area contributed by atoms with Crippen LogP contribution in [0.15, 0.2) is 24.3 Å². The lowest BCUT2D eigenvalue weighted by molar-refractivity contribution is -0.155. The maximum absolute atomic E-state index is 12.3. The van der Waals surface area contributed by atoms with E-state index in [1.165, 1.54) is 5.56 Å². The third-order valence-electron chi connectivity index (χ3n) is 5.48. The van der Waals surface area contributed by atoms with E-state index in [2.05, 4.69) is 43.4 Å². The van der Waals surface area contributed by atoms with E-state index in [9.17, 15) is 14.4 Å². The minimum absolute atomic E-state index is 0.104. The highest BCUT2D eigenvalue weighted by molar-refractivity contribution is 5.83. The van der Waals surface area contributed by atoms with Gasteiger partial charge in [0.25, 0.3) is 5.91 Å². The molecule has 0 unspecified atom stereocenters. The number of nitrogens with one attached hydrogen (secondary N) is 1. The van der Waals surface area contributed by atoms with Crippen molar-refractivity contribution < 1.29 is 19.1 Å². The summed E-state index contributed by atoms with van der Waals surface area (Å²) in [5.74, 6) is -0.284. The highest BCUT2D eigenvalue weighted by Crippen LogP contribution is 2.24. The van der Waals surface area contributed by atoms with E-state index in [0.717, 1.165) is 12.0 Å². The van der Waals surface area contributed by atoms with E-state index < -0.39 is 5.41 Å². The number of likely N-dealkylation sites (tertiary alicyclic amines) is 1. The number of carbonyl (C=O) groups excluding carboxylic acids is 3. The molecule has 0 atom stereocenters. The third kappa shape index (κ3) is 7.15. The van der Waals surface area contributed by atoms with Crippen LogP contribution in [-0.2, 0) is 25.5 Å². The molecule has 0 aliphatic carbocycles. The monoisotopic (exact) mass is 416 g/mol. The summed E-state index contributed by atoms with van der Waals surface area (Å²) in [5.41, 5.74) is 2.04. The number of ether oxygens (including phenoxy) is 1. The zero-order valence-corrected chi connectivity index (χ0v) is 19.0. The molecule has 1 aliphatic heterocycles. The molecule has 0 aromatic heterocycles. The number of carbonyl (C=O) groups is 3. The topological polar surface area (TPSA) is 75.7 Å². The van der Waals surface area contributed by atoms with E-state index in [0.29, 0.717) is 38.4 Å². The van der Waals surface area contributed by atoms with Crippen molar-refractivity contribution in [3.8, 4) is 0 Å². The van der Waals surface area contributed by atoms with E-state index in [1.54, 1.807) is 0 Å². The Labute approximate surface area is 180 Å². The predicted octanol–water partition coefficient (Wildman–Crippen LogP) is 3.30. The number of hydrogen-bond acceptors (Lipinski definition) is 4. The fourth-order valence-corrected chi connectivity index (χ4v) is 3.51. The van der Waals surface area contributed by atoms with Gasteiger partial charge in [-0.1, -0.05) is 58.9 Å². The van der Waals surface area contributed by atoms with Gasteiger partial charge >= 0.3 is 5.97 Å². The second-order valence-corrected chi connectivity index (χ2v) is 9.42. The molecule has 166 valence electrons. The fourth-order valence-electron chi connectivity index (χ4n) is 3.51. The molecule has 30 heavy (non-hydrogen) atoms. The minimum Gasteiger partial charge on any atom is -0.455 e. The second-order valence-electron chi connectivity index (χ2n) is 9.42. The lowest BCUT2D eigenvalue weighted by Crippen LogP contribution is -2.45. The van der Waals surface area contributed by atoms with Crippen LogP contribution in [0.25, 0.3) is 0 Å². The predicted molar refractivity (Wildman–Crippen MR) is 117 cm³/mol. The Kier molecular flexibility index (Phi) is 8.44. The summed E-state index contributed by atoms with van der Waals surface area (Å²) in [6.45, 7) is 11.4. The normalized spacial score (nSPS) is 15.2. The number of esters is 1. The van der Waals surface area contributed by atoms with Gasteiger partial charge in [0.05, 0.1) is 5.92 Å². The van der Waals surface area contributed by atoms with Crippen molar-refractivity contribution in [2.75, 3.05) is 26.2 Å². The summed E-state index contributed by atoms with van der Waals surface area (Å²) in [5, 5.41) is 2.80. The molecule has 0 saturated carbocycles. The van der Waals surface area contributed by atoms with Gasteiger partial charge in [0.1, 0.15) is 0 Å². The first-order valence-electron chi connectivity index (χ1n) is 10.9. The Balaban J connectivity index is 1.65. The number of hydrogen-bond donors (Lipinski definition) is 1. The molecule has 6 nitrogen and oxygen atoms in total. The van der Waals surface area contributed by atoms with Gasteiger partial charge in [-0.15, -0.1) is 0 Å². The first-order chi connectivity index (χ1) is 14.1. The van der Waals surface area contributed by atoms with Crippen LogP contribution in [0.3, 0.4) is 0 Å². The maximum atomic E-state index is 12.3. The quantitative estimate of drug-likeness (QED) is 0.692. The number of nitrogens with zero attached hydrogens (tertiary/aromatic N) is 1. The molecule has 1 fully saturated rings. The molecular formula is C24H36N2O4. The van der Waals surface area contributed by atoms with Gasteiger partial charge in [-0.3, -0.25) is 14.4 Å². The lowest BCUT2D eigenvalue weighted by atomic mass is 9.91. The lowest BCUT2D eigenvalue weighted by Gasteiger charge is -2.34. The molecule has 2 amide bonds. The Hall–Kier alpha value is -2.37. The maximum Gasteiger partial charge on any atom is 0.309 e. The third-order valence-corrected chi connectivity index (χ3v) is 5.48. The van der Waals surface area contributed by atoms with Crippen LogP contribution in [0.4, 0.5) is 0 Å². The van der Waals surface area contributed by atoms with Crippen molar-refractivity contribution >= 4 is 17.8 Å². The molecule has 1 aromatic carbocycles. The van der Waals surface area contributed by atoms with Gasteiger partial charge < -0.3 is 15.0 Å². The summed E-state index contributed by atoms with van der Waals surface area (Å²) in [4.78, 5) is 38.4. The van der Waals surface area contributed by atoms with Gasteiger partial charge in [0.15, 0.2) is 6.61 Å². The molecule has 6 heteroatoms. The fraction of sp³-hybridized carbons (Fsp3) is 0.625. The minimum atomic E-state index is -0.415. The first-order valence-corrected chi connectivity index (χ1v) is 10.9. The number of piperidine rings is 1. The van der Waals surface area contributed by atoms with Crippen molar-refractivity contribution in [1.82, 2.24) is 10.2 Å². The van der Waals surface area contributed by atoms with Gasteiger partial charge in [0, 0.05) is 25.0 Å². The Morgan fingerprint density at radius 2 is 1.70 bits per heavy atom. The summed E-state index contributed by atoms with van der Waals surface area (Å²) in [7, 11) is 0. The second kappa shape index (κ2) is 10.6. The van der Waals surface area contributed by atoms with Crippen molar-refractivity contribution in [2.24, 2.45) is 11.3 Å².